The lowest BCUT2D eigenvalue weighted by atomic mass is 9.77. The summed E-state index contributed by atoms with van der Waals surface area (Å²) in [5.41, 5.74) is -0.266. The number of benzene rings is 2. The Morgan fingerprint density at radius 2 is 1.50 bits per heavy atom. The van der Waals surface area contributed by atoms with Crippen LogP contribution in [0.4, 0.5) is 17.6 Å². The van der Waals surface area contributed by atoms with E-state index in [-0.39, 0.29) is 29.4 Å². The second-order valence-electron chi connectivity index (χ2n) is 7.87. The summed E-state index contributed by atoms with van der Waals surface area (Å²) in [5, 5.41) is 0. The van der Waals surface area contributed by atoms with E-state index in [0.717, 1.165) is 38.5 Å². The topological polar surface area (TPSA) is 9.23 Å². The van der Waals surface area contributed by atoms with Crippen LogP contribution in [-0.4, -0.2) is 6.61 Å². The summed E-state index contributed by atoms with van der Waals surface area (Å²) in [7, 11) is 0. The van der Waals surface area contributed by atoms with Crippen LogP contribution in [0.5, 0.6) is 5.75 Å². The summed E-state index contributed by atoms with van der Waals surface area (Å²) in [5.74, 6) is -4.21. The smallest absolute Gasteiger partial charge is 0.201 e. The van der Waals surface area contributed by atoms with E-state index in [9.17, 15) is 17.6 Å². The fourth-order valence-corrected chi connectivity index (χ4v) is 4.36. The lowest BCUT2D eigenvalue weighted by Gasteiger charge is -2.29. The third-order valence-corrected chi connectivity index (χ3v) is 6.01. The molecule has 0 atom stereocenters. The minimum Gasteiger partial charge on any atom is -0.491 e. The van der Waals surface area contributed by atoms with Gasteiger partial charge in [-0.25, -0.2) is 13.2 Å². The Morgan fingerprint density at radius 1 is 0.867 bits per heavy atom. The van der Waals surface area contributed by atoms with E-state index < -0.39 is 23.3 Å². The van der Waals surface area contributed by atoms with Crippen molar-refractivity contribution >= 4 is 0 Å². The molecule has 0 bridgehead atoms. The van der Waals surface area contributed by atoms with Crippen molar-refractivity contribution in [2.75, 3.05) is 6.61 Å². The molecule has 0 unspecified atom stereocenters. The molecule has 1 fully saturated rings. The van der Waals surface area contributed by atoms with Crippen LogP contribution in [0, 0.1) is 29.2 Å². The van der Waals surface area contributed by atoms with E-state index in [4.69, 9.17) is 4.74 Å². The van der Waals surface area contributed by atoms with E-state index in [0.29, 0.717) is 11.5 Å². The van der Waals surface area contributed by atoms with E-state index in [1.54, 1.807) is 6.92 Å². The van der Waals surface area contributed by atoms with Gasteiger partial charge in [-0.15, -0.1) is 0 Å². The molecule has 5 heteroatoms. The van der Waals surface area contributed by atoms with Gasteiger partial charge < -0.3 is 4.74 Å². The van der Waals surface area contributed by atoms with Crippen molar-refractivity contribution in [1.82, 2.24) is 0 Å². The summed E-state index contributed by atoms with van der Waals surface area (Å²) >= 11 is 0. The average molecular weight is 420 g/mol. The minimum atomic E-state index is -1.24. The Hall–Kier alpha value is -2.30. The predicted molar refractivity (Wildman–Crippen MR) is 112 cm³/mol. The zero-order chi connectivity index (χ0) is 21.7. The lowest BCUT2D eigenvalue weighted by Crippen LogP contribution is -2.15. The highest BCUT2D eigenvalue weighted by atomic mass is 19.2. The first-order chi connectivity index (χ1) is 14.5. The van der Waals surface area contributed by atoms with Crippen LogP contribution in [0.2, 0.25) is 0 Å². The number of halogens is 4. The van der Waals surface area contributed by atoms with Gasteiger partial charge in [0.05, 0.1) is 6.61 Å². The SMILES string of the molecule is C/C=C/CCC1CCC(c2ccc(-c3ccc(OCC)c(F)c3F)c(F)c2F)CC1. The maximum Gasteiger partial charge on any atom is 0.201 e. The summed E-state index contributed by atoms with van der Waals surface area (Å²) in [6, 6.07) is 5.32. The van der Waals surface area contributed by atoms with Crippen molar-refractivity contribution in [2.24, 2.45) is 5.92 Å². The maximum atomic E-state index is 14.9. The first-order valence-corrected chi connectivity index (χ1v) is 10.7. The predicted octanol–water partition coefficient (Wildman–Crippen LogP) is 7.94. The molecular formula is C25H28F4O. The quantitative estimate of drug-likeness (QED) is 0.326. The lowest BCUT2D eigenvalue weighted by molar-refractivity contribution is 0.306. The molecule has 3 rings (SSSR count). The van der Waals surface area contributed by atoms with Gasteiger partial charge >= 0.3 is 0 Å². The van der Waals surface area contributed by atoms with E-state index in [2.05, 4.69) is 6.08 Å². The molecule has 0 saturated heterocycles. The number of hydrogen-bond donors (Lipinski definition) is 0. The van der Waals surface area contributed by atoms with Crippen LogP contribution in [0.15, 0.2) is 36.4 Å². The molecule has 2 aromatic carbocycles. The second kappa shape index (κ2) is 10.1. The van der Waals surface area contributed by atoms with Crippen LogP contribution in [0.25, 0.3) is 11.1 Å². The number of allylic oxidation sites excluding steroid dienone is 2. The van der Waals surface area contributed by atoms with Gasteiger partial charge in [-0.1, -0.05) is 24.3 Å². The van der Waals surface area contributed by atoms with Gasteiger partial charge in [-0.3, -0.25) is 0 Å². The molecule has 30 heavy (non-hydrogen) atoms. The third kappa shape index (κ3) is 4.71. The second-order valence-corrected chi connectivity index (χ2v) is 7.87. The Bertz CT molecular complexity index is 899. The highest BCUT2D eigenvalue weighted by Gasteiger charge is 2.27. The van der Waals surface area contributed by atoms with Gasteiger partial charge in [0.2, 0.25) is 5.82 Å². The van der Waals surface area contributed by atoms with Crippen LogP contribution >= 0.6 is 0 Å². The van der Waals surface area contributed by atoms with Gasteiger partial charge in [0, 0.05) is 11.1 Å². The average Bonchev–Trinajstić information content (AvgIpc) is 2.75. The van der Waals surface area contributed by atoms with Gasteiger partial charge in [0.25, 0.3) is 0 Å². The minimum absolute atomic E-state index is 0.0477. The molecule has 0 aliphatic heterocycles. The van der Waals surface area contributed by atoms with Crippen LogP contribution in [0.3, 0.4) is 0 Å². The normalized spacial score (nSPS) is 19.4. The van der Waals surface area contributed by atoms with Gasteiger partial charge in [0.15, 0.2) is 23.2 Å². The van der Waals surface area contributed by atoms with E-state index >= 15 is 0 Å². The first-order valence-electron chi connectivity index (χ1n) is 10.7. The Labute approximate surface area is 175 Å². The van der Waals surface area contributed by atoms with Crippen LogP contribution in [-0.2, 0) is 0 Å². The number of rotatable bonds is 7. The maximum absolute atomic E-state index is 14.9. The zero-order valence-corrected chi connectivity index (χ0v) is 17.5. The molecule has 0 radical (unpaired) electrons. The standard InChI is InChI=1S/C25H28F4O/c1-3-5-6-7-16-8-10-17(11-9-16)18-12-13-19(23(27)22(18)26)20-14-15-21(30-4-2)25(29)24(20)28/h3,5,12-17H,4,6-11H2,1-2H3/b5-3+. The zero-order valence-electron chi connectivity index (χ0n) is 17.5. The third-order valence-electron chi connectivity index (χ3n) is 6.01. The van der Waals surface area contributed by atoms with Crippen molar-refractivity contribution in [1.29, 1.82) is 0 Å². The van der Waals surface area contributed by atoms with Gasteiger partial charge in [0.1, 0.15) is 0 Å². The first kappa shape index (κ1) is 22.4. The van der Waals surface area contributed by atoms with Crippen molar-refractivity contribution in [3.05, 3.63) is 65.2 Å². The molecule has 0 spiro atoms. The monoisotopic (exact) mass is 420 g/mol. The van der Waals surface area contributed by atoms with Gasteiger partial charge in [-0.05, 0) is 81.9 Å². The summed E-state index contributed by atoms with van der Waals surface area (Å²) in [6.07, 6.45) is 9.97. The van der Waals surface area contributed by atoms with Crippen LogP contribution in [0.1, 0.15) is 63.9 Å². The Balaban J connectivity index is 1.79. The van der Waals surface area contributed by atoms with Gasteiger partial charge in [-0.2, -0.15) is 4.39 Å². The number of hydrogen-bond acceptors (Lipinski definition) is 1. The molecule has 0 amide bonds. The largest absolute Gasteiger partial charge is 0.491 e. The molecule has 1 nitrogen and oxygen atoms in total. The molecule has 0 N–H and O–H groups in total. The highest BCUT2D eigenvalue weighted by molar-refractivity contribution is 5.66. The van der Waals surface area contributed by atoms with Crippen molar-refractivity contribution < 1.29 is 22.3 Å². The molecule has 2 aromatic rings. The Morgan fingerprint density at radius 3 is 2.13 bits per heavy atom. The van der Waals surface area contributed by atoms with Crippen LogP contribution < -0.4 is 4.74 Å². The van der Waals surface area contributed by atoms with E-state index in [1.165, 1.54) is 24.3 Å². The highest BCUT2D eigenvalue weighted by Crippen LogP contribution is 2.40. The molecule has 1 aliphatic carbocycles. The molecule has 1 saturated carbocycles. The molecule has 0 heterocycles. The molecule has 1 aliphatic rings. The fraction of sp³-hybridized carbons (Fsp3) is 0.440. The number of ether oxygens (including phenoxy) is 1. The summed E-state index contributed by atoms with van der Waals surface area (Å²) in [4.78, 5) is 0. The molecule has 0 aromatic heterocycles. The summed E-state index contributed by atoms with van der Waals surface area (Å²) in [6.45, 7) is 3.82. The molecule has 162 valence electrons. The summed E-state index contributed by atoms with van der Waals surface area (Å²) < 4.78 is 63.4. The fourth-order valence-electron chi connectivity index (χ4n) is 4.36. The van der Waals surface area contributed by atoms with E-state index in [1.807, 2.05) is 13.0 Å². The van der Waals surface area contributed by atoms with Crippen molar-refractivity contribution in [2.45, 2.75) is 58.3 Å². The van der Waals surface area contributed by atoms with Crippen molar-refractivity contribution in [3.8, 4) is 16.9 Å². The van der Waals surface area contributed by atoms with Crippen molar-refractivity contribution in [3.63, 3.8) is 0 Å². The molecular weight excluding hydrogens is 392 g/mol. The Kier molecular flexibility index (Phi) is 7.57.